The van der Waals surface area contributed by atoms with Crippen LogP contribution in [0.25, 0.3) is 10.9 Å². The Labute approximate surface area is 209 Å². The number of unbranched alkanes of at least 4 members (excludes halogenated alkanes) is 1. The van der Waals surface area contributed by atoms with Gasteiger partial charge >= 0.3 is 0 Å². The maximum atomic E-state index is 9.42. The second kappa shape index (κ2) is 12.7. The van der Waals surface area contributed by atoms with Crippen molar-refractivity contribution < 1.29 is 9.84 Å². The molecule has 0 radical (unpaired) electrons. The fraction of sp³-hybridized carbons (Fsp3) is 0.536. The third kappa shape index (κ3) is 6.60. The van der Waals surface area contributed by atoms with E-state index in [0.717, 1.165) is 74.4 Å². The predicted octanol–water partition coefficient (Wildman–Crippen LogP) is 5.09. The first-order chi connectivity index (χ1) is 17.2. The van der Waals surface area contributed by atoms with E-state index in [1.54, 1.807) is 12.4 Å². The Kier molecular flexibility index (Phi) is 9.12. The lowest BCUT2D eigenvalue weighted by atomic mass is 9.98. The van der Waals surface area contributed by atoms with E-state index in [4.69, 9.17) is 9.72 Å². The van der Waals surface area contributed by atoms with Gasteiger partial charge in [-0.15, -0.1) is 0 Å². The lowest BCUT2D eigenvalue weighted by Gasteiger charge is -2.35. The minimum Gasteiger partial charge on any atom is -0.470 e. The molecule has 1 atom stereocenters. The van der Waals surface area contributed by atoms with E-state index >= 15 is 0 Å². The Hall–Kier alpha value is -2.93. The average molecular weight is 478 g/mol. The van der Waals surface area contributed by atoms with Gasteiger partial charge in [0.25, 0.3) is 5.88 Å². The lowest BCUT2D eigenvalue weighted by molar-refractivity contribution is 0.170. The quantitative estimate of drug-likeness (QED) is 0.530. The summed E-state index contributed by atoms with van der Waals surface area (Å²) in [5.74, 6) is 2.82. The Morgan fingerprint density at radius 2 is 1.69 bits per heavy atom. The van der Waals surface area contributed by atoms with Crippen molar-refractivity contribution in [3.8, 4) is 5.88 Å². The highest BCUT2D eigenvalue weighted by atomic mass is 16.5. The second-order valence-corrected chi connectivity index (χ2v) is 9.49. The van der Waals surface area contributed by atoms with Crippen LogP contribution in [0.2, 0.25) is 0 Å². The number of aromatic nitrogens is 3. The minimum atomic E-state index is 0.0486. The molecule has 35 heavy (non-hydrogen) atoms. The molecule has 0 bridgehead atoms. The zero-order valence-corrected chi connectivity index (χ0v) is 21.1. The number of hydrogen-bond donors (Lipinski definition) is 1. The molecule has 1 aromatic carbocycles. The van der Waals surface area contributed by atoms with E-state index in [0.29, 0.717) is 11.8 Å². The number of ether oxygens (including phenoxy) is 1. The van der Waals surface area contributed by atoms with Crippen LogP contribution >= 0.6 is 0 Å². The van der Waals surface area contributed by atoms with Gasteiger partial charge < -0.3 is 19.6 Å². The third-order valence-electron chi connectivity index (χ3n) is 6.88. The van der Waals surface area contributed by atoms with Gasteiger partial charge in [-0.1, -0.05) is 44.9 Å². The summed E-state index contributed by atoms with van der Waals surface area (Å²) in [7, 11) is 0. The van der Waals surface area contributed by atoms with Crippen molar-refractivity contribution in [3.63, 3.8) is 0 Å². The Bertz CT molecular complexity index is 1050. The molecule has 1 unspecified atom stereocenters. The molecule has 7 nitrogen and oxygen atoms in total. The Morgan fingerprint density at radius 3 is 2.46 bits per heavy atom. The van der Waals surface area contributed by atoms with Gasteiger partial charge in [0.2, 0.25) is 0 Å². The zero-order valence-electron chi connectivity index (χ0n) is 21.1. The lowest BCUT2D eigenvalue weighted by Crippen LogP contribution is -2.42. The number of nitrogens with zero attached hydrogens (tertiary/aromatic N) is 5. The van der Waals surface area contributed by atoms with E-state index in [-0.39, 0.29) is 12.7 Å². The summed E-state index contributed by atoms with van der Waals surface area (Å²) in [5.41, 5.74) is 1.02. The van der Waals surface area contributed by atoms with E-state index in [1.807, 2.05) is 12.1 Å². The monoisotopic (exact) mass is 477 g/mol. The van der Waals surface area contributed by atoms with Crippen LogP contribution in [0.1, 0.15) is 52.4 Å². The fourth-order valence-electron chi connectivity index (χ4n) is 4.58. The van der Waals surface area contributed by atoms with Crippen LogP contribution in [0.15, 0.2) is 48.8 Å². The maximum absolute atomic E-state index is 9.42. The summed E-state index contributed by atoms with van der Waals surface area (Å²) in [5, 5.41) is 10.6. The first kappa shape index (κ1) is 25.2. The largest absolute Gasteiger partial charge is 0.470 e. The molecule has 5 rings (SSSR count). The van der Waals surface area contributed by atoms with Crippen LogP contribution in [-0.2, 0) is 0 Å². The van der Waals surface area contributed by atoms with E-state index in [2.05, 4.69) is 57.9 Å². The number of anilines is 2. The van der Waals surface area contributed by atoms with Gasteiger partial charge in [-0.2, -0.15) is 0 Å². The Balaban J connectivity index is 0.000000672. The average Bonchev–Trinajstić information content (AvgIpc) is 2.93. The molecule has 4 heterocycles. The van der Waals surface area contributed by atoms with Crippen LogP contribution in [-0.4, -0.2) is 58.9 Å². The van der Waals surface area contributed by atoms with Crippen molar-refractivity contribution in [2.24, 2.45) is 5.92 Å². The zero-order chi connectivity index (χ0) is 24.5. The number of pyridine rings is 1. The van der Waals surface area contributed by atoms with Crippen molar-refractivity contribution in [1.29, 1.82) is 0 Å². The van der Waals surface area contributed by atoms with E-state index in [9.17, 15) is 5.11 Å². The van der Waals surface area contributed by atoms with Gasteiger partial charge in [0.05, 0.1) is 12.1 Å². The van der Waals surface area contributed by atoms with Crippen LogP contribution < -0.4 is 14.5 Å². The van der Waals surface area contributed by atoms with Gasteiger partial charge in [0, 0.05) is 44.0 Å². The van der Waals surface area contributed by atoms with Gasteiger partial charge in [-0.3, -0.25) is 0 Å². The van der Waals surface area contributed by atoms with Crippen LogP contribution in [0, 0.1) is 5.92 Å². The summed E-state index contributed by atoms with van der Waals surface area (Å²) in [6.45, 7) is 8.13. The van der Waals surface area contributed by atoms with Crippen molar-refractivity contribution >= 4 is 22.5 Å². The fourth-order valence-corrected chi connectivity index (χ4v) is 4.58. The number of rotatable bonds is 6. The molecule has 1 N–H and O–H groups in total. The van der Waals surface area contributed by atoms with Crippen LogP contribution in [0.5, 0.6) is 5.88 Å². The Morgan fingerprint density at radius 1 is 0.914 bits per heavy atom. The van der Waals surface area contributed by atoms with E-state index < -0.39 is 0 Å². The summed E-state index contributed by atoms with van der Waals surface area (Å²) in [6, 6.07) is 12.5. The molecular formula is C28H39N5O2. The van der Waals surface area contributed by atoms with Crippen molar-refractivity contribution in [3.05, 3.63) is 48.8 Å². The number of aliphatic hydroxyl groups is 1. The first-order valence-corrected chi connectivity index (χ1v) is 13.2. The van der Waals surface area contributed by atoms with Crippen LogP contribution in [0.3, 0.4) is 0 Å². The van der Waals surface area contributed by atoms with Crippen LogP contribution in [0.4, 0.5) is 11.6 Å². The summed E-state index contributed by atoms with van der Waals surface area (Å²) < 4.78 is 6.40. The number of benzene rings is 1. The molecule has 2 aliphatic heterocycles. The SMILES string of the molecule is CCCC.OCC1CCN(c2nccnc2OC2CCCN(c3ccc4ccccc4n3)C2)CC1. The van der Waals surface area contributed by atoms with Gasteiger partial charge in [-0.25, -0.2) is 15.0 Å². The third-order valence-corrected chi connectivity index (χ3v) is 6.88. The normalized spacial score (nSPS) is 18.8. The first-order valence-electron chi connectivity index (χ1n) is 13.2. The molecular weight excluding hydrogens is 438 g/mol. The number of fused-ring (bicyclic) bond motifs is 1. The van der Waals surface area contributed by atoms with Crippen molar-refractivity contribution in [1.82, 2.24) is 15.0 Å². The molecule has 188 valence electrons. The van der Waals surface area contributed by atoms with Crippen molar-refractivity contribution in [2.45, 2.75) is 58.5 Å². The summed E-state index contributed by atoms with van der Waals surface area (Å²) >= 11 is 0. The molecule has 0 amide bonds. The summed E-state index contributed by atoms with van der Waals surface area (Å²) in [4.78, 5) is 18.5. The molecule has 0 spiro atoms. The molecule has 7 heteroatoms. The van der Waals surface area contributed by atoms with Gasteiger partial charge in [-0.05, 0) is 49.8 Å². The molecule has 3 aromatic rings. The van der Waals surface area contributed by atoms with E-state index in [1.165, 1.54) is 12.8 Å². The maximum Gasteiger partial charge on any atom is 0.257 e. The minimum absolute atomic E-state index is 0.0486. The highest BCUT2D eigenvalue weighted by Gasteiger charge is 2.27. The molecule has 2 saturated heterocycles. The summed E-state index contributed by atoms with van der Waals surface area (Å²) in [6.07, 6.45) is 10.1. The molecule has 2 aliphatic rings. The number of aliphatic hydroxyl groups excluding tert-OH is 1. The second-order valence-electron chi connectivity index (χ2n) is 9.49. The number of para-hydroxylation sites is 1. The standard InChI is InChI=1S/C24H29N5O2.C4H10/c30-17-18-9-14-28(15-10-18)23-24(26-12-11-25-23)31-20-5-3-13-29(16-20)22-8-7-19-4-1-2-6-21(19)27-22;1-3-4-2/h1-2,4,6-8,11-12,18,20,30H,3,5,9-10,13-17H2;3-4H2,1-2H3. The predicted molar refractivity (Wildman–Crippen MR) is 142 cm³/mol. The van der Waals surface area contributed by atoms with Gasteiger partial charge in [0.1, 0.15) is 11.9 Å². The molecule has 0 aliphatic carbocycles. The molecule has 2 fully saturated rings. The smallest absolute Gasteiger partial charge is 0.257 e. The number of hydrogen-bond acceptors (Lipinski definition) is 7. The number of piperidine rings is 2. The topological polar surface area (TPSA) is 74.6 Å². The molecule has 0 saturated carbocycles. The highest BCUT2D eigenvalue weighted by molar-refractivity contribution is 5.80. The van der Waals surface area contributed by atoms with Crippen molar-refractivity contribution in [2.75, 3.05) is 42.6 Å². The van der Waals surface area contributed by atoms with Gasteiger partial charge in [0.15, 0.2) is 5.82 Å². The molecule has 2 aromatic heterocycles. The highest BCUT2D eigenvalue weighted by Crippen LogP contribution is 2.30.